The van der Waals surface area contributed by atoms with E-state index in [2.05, 4.69) is 15.1 Å². The lowest BCUT2D eigenvalue weighted by atomic mass is 10.0. The molecule has 0 spiro atoms. The molecule has 1 unspecified atom stereocenters. The number of carbonyl (C=O) groups is 2. The molecule has 1 aliphatic heterocycles. The fraction of sp³-hybridized carbons (Fsp3) is 0.286. The van der Waals surface area contributed by atoms with E-state index in [1.54, 1.807) is 4.52 Å². The summed E-state index contributed by atoms with van der Waals surface area (Å²) >= 11 is 8.27. The molecule has 188 valence electrons. The molecular formula is C21H15ClF3N5O4S2. The van der Waals surface area contributed by atoms with Crippen LogP contribution in [0.15, 0.2) is 24.4 Å². The Morgan fingerprint density at radius 3 is 2.75 bits per heavy atom. The molecule has 1 atom stereocenters. The van der Waals surface area contributed by atoms with Gasteiger partial charge in [0, 0.05) is 19.2 Å². The van der Waals surface area contributed by atoms with Gasteiger partial charge >= 0.3 is 12.1 Å². The third kappa shape index (κ3) is 4.40. The van der Waals surface area contributed by atoms with Gasteiger partial charge in [0.2, 0.25) is 9.97 Å². The van der Waals surface area contributed by atoms with Crippen molar-refractivity contribution in [2.24, 2.45) is 0 Å². The fourth-order valence-corrected chi connectivity index (χ4v) is 5.82. The number of rotatable bonds is 5. The van der Waals surface area contributed by atoms with Gasteiger partial charge in [-0.3, -0.25) is 4.79 Å². The van der Waals surface area contributed by atoms with E-state index in [-0.39, 0.29) is 22.3 Å². The highest BCUT2D eigenvalue weighted by Gasteiger charge is 2.38. The van der Waals surface area contributed by atoms with Gasteiger partial charge in [-0.2, -0.15) is 18.3 Å². The summed E-state index contributed by atoms with van der Waals surface area (Å²) in [5.41, 5.74) is 0.430. The van der Waals surface area contributed by atoms with E-state index in [1.807, 2.05) is 6.92 Å². The van der Waals surface area contributed by atoms with Crippen molar-refractivity contribution < 1.29 is 32.6 Å². The lowest BCUT2D eigenvalue weighted by molar-refractivity contribution is -0.138. The summed E-state index contributed by atoms with van der Waals surface area (Å²) in [4.78, 5) is 36.0. The van der Waals surface area contributed by atoms with Crippen molar-refractivity contribution >= 4 is 51.1 Å². The number of fused-ring (bicyclic) bond motifs is 3. The first kappa shape index (κ1) is 24.5. The molecule has 0 radical (unpaired) electrons. The van der Waals surface area contributed by atoms with Crippen molar-refractivity contribution in [3.63, 3.8) is 0 Å². The lowest BCUT2D eigenvalue weighted by Crippen LogP contribution is -2.43. The van der Waals surface area contributed by atoms with Crippen LogP contribution in [0.3, 0.4) is 0 Å². The topological polar surface area (TPSA) is 110 Å². The monoisotopic (exact) mass is 557 g/mol. The molecule has 4 heterocycles. The van der Waals surface area contributed by atoms with Gasteiger partial charge < -0.3 is 14.7 Å². The van der Waals surface area contributed by atoms with Crippen molar-refractivity contribution in [2.45, 2.75) is 25.6 Å². The molecule has 15 heteroatoms. The number of alkyl halides is 3. The van der Waals surface area contributed by atoms with E-state index in [4.69, 9.17) is 16.3 Å². The highest BCUT2D eigenvalue weighted by Crippen LogP contribution is 2.39. The van der Waals surface area contributed by atoms with Crippen molar-refractivity contribution in [3.8, 4) is 5.75 Å². The number of hydrogen-bond donors (Lipinski definition) is 1. The number of carbonyl (C=O) groups excluding carboxylic acids is 1. The van der Waals surface area contributed by atoms with Gasteiger partial charge in [0.1, 0.15) is 16.8 Å². The fourth-order valence-electron chi connectivity index (χ4n) is 3.95. The molecule has 9 nitrogen and oxygen atoms in total. The van der Waals surface area contributed by atoms with E-state index in [0.717, 1.165) is 40.2 Å². The number of benzene rings is 1. The Morgan fingerprint density at radius 2 is 2.08 bits per heavy atom. The van der Waals surface area contributed by atoms with Crippen LogP contribution in [0.25, 0.3) is 4.96 Å². The van der Waals surface area contributed by atoms with Gasteiger partial charge in [-0.25, -0.2) is 19.3 Å². The van der Waals surface area contributed by atoms with Crippen LogP contribution in [0, 0.1) is 6.92 Å². The van der Waals surface area contributed by atoms with Crippen LogP contribution >= 0.6 is 34.3 Å². The smallest absolute Gasteiger partial charge is 0.416 e. The SMILES string of the molecule is Cc1nn2c3c(nc2s1)CCN(C(=O)COc1ccc(C(F)(F)F)cc1Cl)C3c1cnc(C(=O)O)s1. The van der Waals surface area contributed by atoms with Gasteiger partial charge in [-0.1, -0.05) is 22.9 Å². The highest BCUT2D eigenvalue weighted by atomic mass is 35.5. The number of thiazole rings is 1. The zero-order chi connectivity index (χ0) is 25.8. The van der Waals surface area contributed by atoms with Gasteiger partial charge in [0.05, 0.1) is 26.9 Å². The molecule has 1 aromatic carbocycles. The van der Waals surface area contributed by atoms with Crippen molar-refractivity contribution in [1.29, 1.82) is 0 Å². The molecule has 0 aliphatic carbocycles. The van der Waals surface area contributed by atoms with Crippen LogP contribution in [0.1, 0.15) is 42.7 Å². The molecule has 0 saturated carbocycles. The summed E-state index contributed by atoms with van der Waals surface area (Å²) in [6, 6.07) is 1.89. The van der Waals surface area contributed by atoms with E-state index in [0.29, 0.717) is 22.0 Å². The predicted octanol–water partition coefficient (Wildman–Crippen LogP) is 4.48. The molecule has 1 aliphatic rings. The molecule has 0 fully saturated rings. The molecule has 1 N–H and O–H groups in total. The summed E-state index contributed by atoms with van der Waals surface area (Å²) in [5, 5.41) is 14.2. The van der Waals surface area contributed by atoms with E-state index < -0.39 is 36.3 Å². The Balaban J connectivity index is 1.46. The summed E-state index contributed by atoms with van der Waals surface area (Å²) in [6.07, 6.45) is -2.73. The van der Waals surface area contributed by atoms with Crippen LogP contribution in [0.4, 0.5) is 13.2 Å². The number of nitrogens with zero attached hydrogens (tertiary/aromatic N) is 5. The van der Waals surface area contributed by atoms with Crippen LogP contribution in [-0.2, 0) is 17.4 Å². The minimum absolute atomic E-state index is 0.0694. The Labute approximate surface area is 213 Å². The highest BCUT2D eigenvalue weighted by molar-refractivity contribution is 7.16. The number of carboxylic acids is 1. The molecule has 5 rings (SSSR count). The van der Waals surface area contributed by atoms with Crippen molar-refractivity contribution in [1.82, 2.24) is 24.5 Å². The summed E-state index contributed by atoms with van der Waals surface area (Å²) < 4.78 is 45.8. The van der Waals surface area contributed by atoms with Crippen LogP contribution in [0.2, 0.25) is 5.02 Å². The van der Waals surface area contributed by atoms with Crippen LogP contribution in [0.5, 0.6) is 5.75 Å². The number of carboxylic acid groups (broad SMARTS) is 1. The van der Waals surface area contributed by atoms with Gasteiger partial charge in [-0.05, 0) is 25.1 Å². The molecule has 1 amide bonds. The zero-order valence-corrected chi connectivity index (χ0v) is 20.6. The molecule has 4 aromatic rings. The summed E-state index contributed by atoms with van der Waals surface area (Å²) in [6.45, 7) is 1.58. The van der Waals surface area contributed by atoms with Gasteiger partial charge in [0.25, 0.3) is 5.91 Å². The third-order valence-corrected chi connectivity index (χ3v) is 7.64. The molecular weight excluding hydrogens is 543 g/mol. The minimum Gasteiger partial charge on any atom is -0.482 e. The molecule has 3 aromatic heterocycles. The number of halogens is 4. The van der Waals surface area contributed by atoms with E-state index in [1.165, 1.54) is 22.4 Å². The van der Waals surface area contributed by atoms with Crippen molar-refractivity contribution in [2.75, 3.05) is 13.2 Å². The maximum atomic E-state index is 13.3. The van der Waals surface area contributed by atoms with Gasteiger partial charge in [0.15, 0.2) is 6.61 Å². The molecule has 0 saturated heterocycles. The number of imidazole rings is 1. The Morgan fingerprint density at radius 1 is 1.31 bits per heavy atom. The predicted molar refractivity (Wildman–Crippen MR) is 124 cm³/mol. The average Bonchev–Trinajstić information content (AvgIpc) is 3.51. The van der Waals surface area contributed by atoms with Crippen molar-refractivity contribution in [3.05, 3.63) is 61.3 Å². The molecule has 0 bridgehead atoms. The average molecular weight is 558 g/mol. The number of aryl methyl sites for hydroxylation is 1. The third-order valence-electron chi connectivity index (χ3n) is 5.48. The second kappa shape index (κ2) is 9.01. The second-order valence-corrected chi connectivity index (χ2v) is 10.4. The summed E-state index contributed by atoms with van der Waals surface area (Å²) in [7, 11) is 0. The largest absolute Gasteiger partial charge is 0.482 e. The first-order chi connectivity index (χ1) is 17.0. The normalized spacial score (nSPS) is 15.8. The number of ether oxygens (including phenoxy) is 1. The van der Waals surface area contributed by atoms with E-state index in [9.17, 15) is 27.9 Å². The maximum absolute atomic E-state index is 13.3. The Kier molecular flexibility index (Phi) is 6.12. The van der Waals surface area contributed by atoms with Gasteiger partial charge in [-0.15, -0.1) is 11.3 Å². The first-order valence-electron chi connectivity index (χ1n) is 10.4. The van der Waals surface area contributed by atoms with E-state index >= 15 is 0 Å². The maximum Gasteiger partial charge on any atom is 0.416 e. The number of aromatic carboxylic acids is 1. The number of hydrogen-bond acceptors (Lipinski definition) is 8. The Bertz CT molecular complexity index is 1500. The zero-order valence-electron chi connectivity index (χ0n) is 18.2. The quantitative estimate of drug-likeness (QED) is 0.385. The Hall–Kier alpha value is -3.23. The number of aromatic nitrogens is 4. The van der Waals surface area contributed by atoms with Crippen LogP contribution in [-0.4, -0.2) is 54.6 Å². The van der Waals surface area contributed by atoms with Crippen LogP contribution < -0.4 is 4.74 Å². The number of amides is 1. The first-order valence-corrected chi connectivity index (χ1v) is 12.4. The molecule has 36 heavy (non-hydrogen) atoms. The minimum atomic E-state index is -4.56. The second-order valence-electron chi connectivity index (χ2n) is 7.80. The summed E-state index contributed by atoms with van der Waals surface area (Å²) in [5.74, 6) is -1.74. The standard InChI is InChI=1S/C21H15ClF3N5O4S2/c1-9-28-30-16-12(27-20(30)35-9)4-5-29(17(16)14-7-26-18(36-14)19(32)33)15(31)8-34-13-3-2-10(6-11(13)22)21(23,24)25/h2-3,6-7,17H,4-5,8H2,1H3,(H,32,33). The lowest BCUT2D eigenvalue weighted by Gasteiger charge is -2.34.